The molecule has 1 saturated heterocycles. The lowest BCUT2D eigenvalue weighted by atomic mass is 10.1. The van der Waals surface area contributed by atoms with Gasteiger partial charge in [-0.1, -0.05) is 11.6 Å². The first-order chi connectivity index (χ1) is 8.49. The monoisotopic (exact) mass is 291 g/mol. The van der Waals surface area contributed by atoms with Gasteiger partial charge >= 0.3 is 5.69 Å². The number of aromatic nitrogens is 2. The first-order valence-electron chi connectivity index (χ1n) is 5.59. The average Bonchev–Trinajstić information content (AvgIpc) is 2.28. The highest BCUT2D eigenvalue weighted by atomic mass is 35.5. The van der Waals surface area contributed by atoms with Crippen LogP contribution >= 0.6 is 11.6 Å². The molecule has 100 valence electrons. The van der Waals surface area contributed by atoms with Gasteiger partial charge in [0, 0.05) is 31.5 Å². The summed E-state index contributed by atoms with van der Waals surface area (Å²) in [6, 6.07) is 1.05. The number of halogens is 1. The van der Waals surface area contributed by atoms with E-state index >= 15 is 0 Å². The van der Waals surface area contributed by atoms with Gasteiger partial charge in [0.2, 0.25) is 0 Å². The van der Waals surface area contributed by atoms with Gasteiger partial charge in [0.1, 0.15) is 5.15 Å². The maximum absolute atomic E-state index is 11.8. The van der Waals surface area contributed by atoms with Crippen LogP contribution in [0.1, 0.15) is 18.9 Å². The van der Waals surface area contributed by atoms with Crippen LogP contribution in [-0.4, -0.2) is 37.4 Å². The zero-order valence-electron chi connectivity index (χ0n) is 9.89. The van der Waals surface area contributed by atoms with Crippen LogP contribution < -0.4 is 11.2 Å². The van der Waals surface area contributed by atoms with Crippen molar-refractivity contribution in [3.05, 3.63) is 32.1 Å². The van der Waals surface area contributed by atoms with Crippen LogP contribution in [0.5, 0.6) is 0 Å². The summed E-state index contributed by atoms with van der Waals surface area (Å²) in [4.78, 5) is 25.9. The zero-order valence-corrected chi connectivity index (χ0v) is 11.5. The quantitative estimate of drug-likeness (QED) is 0.787. The number of rotatable bonds is 2. The number of aromatic amines is 1. The average molecular weight is 292 g/mol. The smallest absolute Gasteiger partial charge is 0.298 e. The fraction of sp³-hybridized carbons (Fsp3) is 0.600. The summed E-state index contributed by atoms with van der Waals surface area (Å²) in [7, 11) is -0.999. The summed E-state index contributed by atoms with van der Waals surface area (Å²) in [6.07, 6.45) is 2.88. The summed E-state index contributed by atoms with van der Waals surface area (Å²) in [5.74, 6) is 0. The minimum atomic E-state index is -0.999. The van der Waals surface area contributed by atoms with Crippen LogP contribution in [-0.2, 0) is 11.0 Å². The SMILES string of the molecule is CS(=O)N1CCC(n2c(=O)cc(Cl)[nH]c2=O)CC1. The van der Waals surface area contributed by atoms with Crippen molar-refractivity contribution in [1.29, 1.82) is 0 Å². The van der Waals surface area contributed by atoms with Crippen molar-refractivity contribution >= 4 is 22.6 Å². The minimum absolute atomic E-state index is 0.0494. The Kier molecular flexibility index (Phi) is 4.04. The molecule has 1 aromatic heterocycles. The molecule has 2 rings (SSSR count). The van der Waals surface area contributed by atoms with Crippen LogP contribution in [0, 0.1) is 0 Å². The van der Waals surface area contributed by atoms with Gasteiger partial charge in [0.25, 0.3) is 5.56 Å². The van der Waals surface area contributed by atoms with E-state index < -0.39 is 16.7 Å². The van der Waals surface area contributed by atoms with E-state index in [0.717, 1.165) is 0 Å². The normalized spacial score (nSPS) is 19.9. The maximum atomic E-state index is 11.8. The van der Waals surface area contributed by atoms with Crippen molar-refractivity contribution in [2.24, 2.45) is 0 Å². The molecule has 0 aliphatic carbocycles. The number of hydrogen-bond acceptors (Lipinski definition) is 3. The number of H-pyrrole nitrogens is 1. The fourth-order valence-electron chi connectivity index (χ4n) is 2.18. The lowest BCUT2D eigenvalue weighted by Crippen LogP contribution is -2.43. The molecular weight excluding hydrogens is 278 g/mol. The highest BCUT2D eigenvalue weighted by Crippen LogP contribution is 2.20. The van der Waals surface area contributed by atoms with Gasteiger partial charge in [0.05, 0.1) is 11.0 Å². The third-order valence-electron chi connectivity index (χ3n) is 3.08. The predicted molar refractivity (Wildman–Crippen MR) is 70.2 cm³/mol. The number of nitrogens with zero attached hydrogens (tertiary/aromatic N) is 2. The van der Waals surface area contributed by atoms with E-state index in [0.29, 0.717) is 25.9 Å². The van der Waals surface area contributed by atoms with Gasteiger partial charge in [-0.25, -0.2) is 13.3 Å². The second-order valence-corrected chi connectivity index (χ2v) is 5.99. The molecule has 8 heteroatoms. The van der Waals surface area contributed by atoms with Crippen LogP contribution in [0.2, 0.25) is 5.15 Å². The molecule has 0 bridgehead atoms. The minimum Gasteiger partial charge on any atom is -0.298 e. The van der Waals surface area contributed by atoms with E-state index in [1.54, 1.807) is 6.26 Å². The Labute approximate surface area is 111 Å². The Bertz CT molecular complexity index is 543. The van der Waals surface area contributed by atoms with E-state index in [1.165, 1.54) is 10.6 Å². The van der Waals surface area contributed by atoms with E-state index in [2.05, 4.69) is 4.98 Å². The summed E-state index contributed by atoms with van der Waals surface area (Å²) >= 11 is 5.61. The van der Waals surface area contributed by atoms with Crippen molar-refractivity contribution in [3.8, 4) is 0 Å². The number of piperidine rings is 1. The second kappa shape index (κ2) is 5.38. The van der Waals surface area contributed by atoms with Crippen molar-refractivity contribution in [2.75, 3.05) is 19.3 Å². The molecule has 1 fully saturated rings. The van der Waals surface area contributed by atoms with Gasteiger partial charge in [-0.15, -0.1) is 0 Å². The van der Waals surface area contributed by atoms with Crippen LogP contribution in [0.4, 0.5) is 0 Å². The lowest BCUT2D eigenvalue weighted by molar-refractivity contribution is 0.274. The topological polar surface area (TPSA) is 75.2 Å². The lowest BCUT2D eigenvalue weighted by Gasteiger charge is -2.30. The van der Waals surface area contributed by atoms with Gasteiger partial charge in [0.15, 0.2) is 0 Å². The van der Waals surface area contributed by atoms with E-state index in [1.807, 2.05) is 4.31 Å². The van der Waals surface area contributed by atoms with Gasteiger partial charge < -0.3 is 0 Å². The molecule has 18 heavy (non-hydrogen) atoms. The molecule has 0 radical (unpaired) electrons. The molecule has 0 amide bonds. The third kappa shape index (κ3) is 2.73. The standard InChI is InChI=1S/C10H14ClN3O3S/c1-18(17)13-4-2-7(3-5-13)14-9(15)6-8(11)12-10(14)16/h6-7H,2-5H2,1H3,(H,12,16). The first kappa shape index (κ1) is 13.5. The van der Waals surface area contributed by atoms with Crippen molar-refractivity contribution < 1.29 is 4.21 Å². The zero-order chi connectivity index (χ0) is 13.3. The number of hydrogen-bond donors (Lipinski definition) is 1. The third-order valence-corrected chi connectivity index (χ3v) is 4.38. The Morgan fingerprint density at radius 3 is 2.50 bits per heavy atom. The van der Waals surface area contributed by atoms with Crippen molar-refractivity contribution in [1.82, 2.24) is 13.9 Å². The Morgan fingerprint density at radius 2 is 2.00 bits per heavy atom. The molecular formula is C10H14ClN3O3S. The van der Waals surface area contributed by atoms with Crippen molar-refractivity contribution in [2.45, 2.75) is 18.9 Å². The van der Waals surface area contributed by atoms with Crippen LogP contribution in [0.15, 0.2) is 15.7 Å². The molecule has 1 aromatic rings. The van der Waals surface area contributed by atoms with E-state index in [9.17, 15) is 13.8 Å². The van der Waals surface area contributed by atoms with Gasteiger partial charge in [-0.3, -0.25) is 14.3 Å². The fourth-order valence-corrected chi connectivity index (χ4v) is 3.08. The van der Waals surface area contributed by atoms with Crippen molar-refractivity contribution in [3.63, 3.8) is 0 Å². The molecule has 0 spiro atoms. The first-order valence-corrected chi connectivity index (χ1v) is 7.48. The van der Waals surface area contributed by atoms with E-state index in [-0.39, 0.29) is 16.8 Å². The highest BCUT2D eigenvalue weighted by molar-refractivity contribution is 7.81. The molecule has 1 unspecified atom stereocenters. The summed E-state index contributed by atoms with van der Waals surface area (Å²) in [5, 5.41) is 0.0494. The number of nitrogens with one attached hydrogen (secondary N) is 1. The summed E-state index contributed by atoms with van der Waals surface area (Å²) in [5.41, 5.74) is -0.872. The molecule has 1 aliphatic rings. The Hall–Kier alpha value is -0.920. The molecule has 0 aromatic carbocycles. The molecule has 1 aliphatic heterocycles. The molecule has 6 nitrogen and oxygen atoms in total. The molecule has 2 heterocycles. The van der Waals surface area contributed by atoms with Crippen LogP contribution in [0.3, 0.4) is 0 Å². The van der Waals surface area contributed by atoms with E-state index in [4.69, 9.17) is 11.6 Å². The summed E-state index contributed by atoms with van der Waals surface area (Å²) < 4.78 is 14.3. The maximum Gasteiger partial charge on any atom is 0.329 e. The Morgan fingerprint density at radius 1 is 1.39 bits per heavy atom. The molecule has 0 saturated carbocycles. The molecule has 1 atom stereocenters. The second-order valence-electron chi connectivity index (χ2n) is 4.21. The van der Waals surface area contributed by atoms with Gasteiger partial charge in [-0.2, -0.15) is 0 Å². The summed E-state index contributed by atoms with van der Waals surface area (Å²) in [6.45, 7) is 1.23. The van der Waals surface area contributed by atoms with Crippen LogP contribution in [0.25, 0.3) is 0 Å². The Balaban J connectivity index is 2.23. The predicted octanol–water partition coefficient (Wildman–Crippen LogP) is 0.120. The largest absolute Gasteiger partial charge is 0.329 e. The highest BCUT2D eigenvalue weighted by Gasteiger charge is 2.24. The molecule has 1 N–H and O–H groups in total. The van der Waals surface area contributed by atoms with Gasteiger partial charge in [-0.05, 0) is 12.8 Å².